The molecule has 5 heteroatoms. The van der Waals surface area contributed by atoms with Crippen LogP contribution in [0.5, 0.6) is 0 Å². The van der Waals surface area contributed by atoms with E-state index >= 15 is 0 Å². The third-order valence-electron chi connectivity index (χ3n) is 2.97. The van der Waals surface area contributed by atoms with Gasteiger partial charge in [0.1, 0.15) is 0 Å². The molecule has 1 heterocycles. The van der Waals surface area contributed by atoms with Crippen molar-refractivity contribution in [3.8, 4) is 0 Å². The van der Waals surface area contributed by atoms with Crippen LogP contribution in [0.4, 0.5) is 0 Å². The second-order valence-corrected chi connectivity index (χ2v) is 4.79. The molecule has 2 rings (SSSR count). The molecule has 0 bridgehead atoms. The van der Waals surface area contributed by atoms with Gasteiger partial charge < -0.3 is 10.6 Å². The maximum Gasteiger partial charge on any atom is 0.224 e. The first-order valence-electron chi connectivity index (χ1n) is 5.99. The van der Waals surface area contributed by atoms with Gasteiger partial charge >= 0.3 is 0 Å². The minimum Gasteiger partial charge on any atom is -0.352 e. The van der Waals surface area contributed by atoms with Crippen LogP contribution in [0, 0.1) is 0 Å². The molecule has 0 saturated carbocycles. The van der Waals surface area contributed by atoms with Crippen molar-refractivity contribution >= 4 is 29.9 Å². The van der Waals surface area contributed by atoms with E-state index in [1.165, 1.54) is 0 Å². The molecule has 1 atom stereocenters. The molecule has 1 fully saturated rings. The number of hydrogen-bond donors (Lipinski definition) is 2. The lowest BCUT2D eigenvalue weighted by Gasteiger charge is -2.23. The lowest BCUT2D eigenvalue weighted by Crippen LogP contribution is -2.46. The standard InChI is InChI=1S/C13H17ClN2O.ClH/c14-12-6-2-1-4-10(12)8-13(17)16-11-5-3-7-15-9-11;/h1-2,4,6,11,15H,3,5,7-9H2,(H,16,17);1H. The fourth-order valence-electron chi connectivity index (χ4n) is 2.07. The van der Waals surface area contributed by atoms with Gasteiger partial charge in [-0.2, -0.15) is 0 Å². The van der Waals surface area contributed by atoms with Crippen molar-refractivity contribution in [3.63, 3.8) is 0 Å². The Bertz CT molecular complexity index is 392. The van der Waals surface area contributed by atoms with Crippen molar-refractivity contribution in [3.05, 3.63) is 34.9 Å². The molecule has 1 aliphatic heterocycles. The molecule has 0 spiro atoms. The summed E-state index contributed by atoms with van der Waals surface area (Å²) in [5.41, 5.74) is 0.885. The van der Waals surface area contributed by atoms with Crippen LogP contribution in [0.2, 0.25) is 5.02 Å². The Balaban J connectivity index is 0.00000162. The van der Waals surface area contributed by atoms with Crippen molar-refractivity contribution in [2.24, 2.45) is 0 Å². The van der Waals surface area contributed by atoms with Gasteiger partial charge in [-0.25, -0.2) is 0 Å². The summed E-state index contributed by atoms with van der Waals surface area (Å²) in [4.78, 5) is 11.8. The number of carbonyl (C=O) groups is 1. The fraction of sp³-hybridized carbons (Fsp3) is 0.462. The highest BCUT2D eigenvalue weighted by Gasteiger charge is 2.15. The van der Waals surface area contributed by atoms with Gasteiger partial charge in [0.2, 0.25) is 5.91 Å². The van der Waals surface area contributed by atoms with Crippen LogP contribution >= 0.6 is 24.0 Å². The summed E-state index contributed by atoms with van der Waals surface area (Å²) in [5, 5.41) is 6.97. The number of piperidine rings is 1. The lowest BCUT2D eigenvalue weighted by atomic mass is 10.1. The average Bonchev–Trinajstić information content (AvgIpc) is 2.33. The first-order valence-corrected chi connectivity index (χ1v) is 6.37. The van der Waals surface area contributed by atoms with E-state index in [-0.39, 0.29) is 24.4 Å². The third kappa shape index (κ3) is 4.48. The Morgan fingerprint density at radius 3 is 2.89 bits per heavy atom. The minimum atomic E-state index is 0. The predicted octanol–water partition coefficient (Wildman–Crippen LogP) is 2.17. The van der Waals surface area contributed by atoms with Gasteiger partial charge in [-0.15, -0.1) is 12.4 Å². The second kappa shape index (κ2) is 7.62. The molecule has 1 amide bonds. The second-order valence-electron chi connectivity index (χ2n) is 4.38. The number of halogens is 2. The molecule has 18 heavy (non-hydrogen) atoms. The Hall–Kier alpha value is -0.770. The molecule has 1 unspecified atom stereocenters. The van der Waals surface area contributed by atoms with Crippen molar-refractivity contribution in [2.45, 2.75) is 25.3 Å². The minimum absolute atomic E-state index is 0. The SMILES string of the molecule is Cl.O=C(Cc1ccccc1Cl)NC1CCCNC1. The van der Waals surface area contributed by atoms with Crippen LogP contribution in [0.15, 0.2) is 24.3 Å². The maximum absolute atomic E-state index is 11.8. The van der Waals surface area contributed by atoms with Crippen LogP contribution in [-0.4, -0.2) is 25.0 Å². The third-order valence-corrected chi connectivity index (χ3v) is 3.34. The van der Waals surface area contributed by atoms with Crippen LogP contribution in [0.3, 0.4) is 0 Å². The van der Waals surface area contributed by atoms with E-state index < -0.39 is 0 Å². The van der Waals surface area contributed by atoms with Crippen LogP contribution in [0.25, 0.3) is 0 Å². The molecule has 1 aromatic rings. The smallest absolute Gasteiger partial charge is 0.224 e. The zero-order valence-corrected chi connectivity index (χ0v) is 11.7. The lowest BCUT2D eigenvalue weighted by molar-refractivity contribution is -0.121. The summed E-state index contributed by atoms with van der Waals surface area (Å²) in [7, 11) is 0. The number of benzene rings is 1. The Morgan fingerprint density at radius 1 is 1.44 bits per heavy atom. The van der Waals surface area contributed by atoms with E-state index in [0.29, 0.717) is 11.4 Å². The summed E-state index contributed by atoms with van der Waals surface area (Å²) in [6.45, 7) is 1.92. The average molecular weight is 289 g/mol. The number of amides is 1. The largest absolute Gasteiger partial charge is 0.352 e. The highest BCUT2D eigenvalue weighted by atomic mass is 35.5. The van der Waals surface area contributed by atoms with E-state index in [9.17, 15) is 4.79 Å². The summed E-state index contributed by atoms with van der Waals surface area (Å²) < 4.78 is 0. The molecule has 3 nitrogen and oxygen atoms in total. The van der Waals surface area contributed by atoms with Gasteiger partial charge in [-0.3, -0.25) is 4.79 Å². The summed E-state index contributed by atoms with van der Waals surface area (Å²) in [6, 6.07) is 7.73. The summed E-state index contributed by atoms with van der Waals surface area (Å²) in [5.74, 6) is 0.0480. The monoisotopic (exact) mass is 288 g/mol. The first kappa shape index (κ1) is 15.3. The zero-order chi connectivity index (χ0) is 12.1. The number of nitrogens with one attached hydrogen (secondary N) is 2. The predicted molar refractivity (Wildman–Crippen MR) is 76.4 cm³/mol. The molecule has 2 N–H and O–H groups in total. The summed E-state index contributed by atoms with van der Waals surface area (Å²) >= 11 is 6.02. The molecule has 100 valence electrons. The molecule has 0 radical (unpaired) electrons. The highest BCUT2D eigenvalue weighted by molar-refractivity contribution is 6.31. The molecule has 0 aliphatic carbocycles. The fourth-order valence-corrected chi connectivity index (χ4v) is 2.27. The topological polar surface area (TPSA) is 41.1 Å². The maximum atomic E-state index is 11.8. The normalized spacial score (nSPS) is 18.8. The molecule has 0 aromatic heterocycles. The van der Waals surface area contributed by atoms with Crippen LogP contribution < -0.4 is 10.6 Å². The molecular weight excluding hydrogens is 271 g/mol. The Labute approximate surface area is 119 Å². The molecule has 1 saturated heterocycles. The van der Waals surface area contributed by atoms with E-state index in [0.717, 1.165) is 31.5 Å². The Morgan fingerprint density at radius 2 is 2.22 bits per heavy atom. The van der Waals surface area contributed by atoms with Crippen molar-refractivity contribution < 1.29 is 4.79 Å². The number of rotatable bonds is 3. The number of carbonyl (C=O) groups excluding carboxylic acids is 1. The van der Waals surface area contributed by atoms with Gasteiger partial charge in [0.15, 0.2) is 0 Å². The van der Waals surface area contributed by atoms with Crippen molar-refractivity contribution in [1.82, 2.24) is 10.6 Å². The quantitative estimate of drug-likeness (QED) is 0.895. The van der Waals surface area contributed by atoms with Gasteiger partial charge in [0, 0.05) is 17.6 Å². The van der Waals surface area contributed by atoms with Crippen molar-refractivity contribution in [2.75, 3.05) is 13.1 Å². The molecule has 1 aliphatic rings. The van der Waals surface area contributed by atoms with Crippen molar-refractivity contribution in [1.29, 1.82) is 0 Å². The zero-order valence-electron chi connectivity index (χ0n) is 10.1. The highest BCUT2D eigenvalue weighted by Crippen LogP contribution is 2.15. The van der Waals surface area contributed by atoms with Gasteiger partial charge in [0.25, 0.3) is 0 Å². The van der Waals surface area contributed by atoms with E-state index in [2.05, 4.69) is 10.6 Å². The Kier molecular flexibility index (Phi) is 6.47. The van der Waals surface area contributed by atoms with Gasteiger partial charge in [0.05, 0.1) is 6.42 Å². The summed E-state index contributed by atoms with van der Waals surface area (Å²) in [6.07, 6.45) is 2.54. The van der Waals surface area contributed by atoms with E-state index in [1.54, 1.807) is 0 Å². The van der Waals surface area contributed by atoms with Gasteiger partial charge in [-0.05, 0) is 31.0 Å². The van der Waals surface area contributed by atoms with E-state index in [4.69, 9.17) is 11.6 Å². The van der Waals surface area contributed by atoms with Crippen LogP contribution in [-0.2, 0) is 11.2 Å². The molecule has 1 aromatic carbocycles. The van der Waals surface area contributed by atoms with Crippen LogP contribution in [0.1, 0.15) is 18.4 Å². The molecular formula is C13H18Cl2N2O. The first-order chi connectivity index (χ1) is 8.25. The van der Waals surface area contributed by atoms with Gasteiger partial charge in [-0.1, -0.05) is 29.8 Å². The van der Waals surface area contributed by atoms with E-state index in [1.807, 2.05) is 24.3 Å². The number of hydrogen-bond acceptors (Lipinski definition) is 2.